The summed E-state index contributed by atoms with van der Waals surface area (Å²) in [5.74, 6) is 0. The molecule has 1 heterocycles. The van der Waals surface area contributed by atoms with E-state index in [-0.39, 0.29) is 18.8 Å². The van der Waals surface area contributed by atoms with Crippen molar-refractivity contribution in [1.82, 2.24) is 0 Å². The van der Waals surface area contributed by atoms with Crippen LogP contribution in [0.1, 0.15) is 13.3 Å². The van der Waals surface area contributed by atoms with Gasteiger partial charge in [-0.3, -0.25) is 0 Å². The predicted octanol–water partition coefficient (Wildman–Crippen LogP) is 0.835. The highest BCUT2D eigenvalue weighted by atomic mass is 16.5. The number of aliphatic hydroxyl groups is 1. The van der Waals surface area contributed by atoms with E-state index in [4.69, 9.17) is 10.3 Å². The van der Waals surface area contributed by atoms with Crippen LogP contribution in [0.2, 0.25) is 0 Å². The Kier molecular flexibility index (Phi) is 2.70. The van der Waals surface area contributed by atoms with Crippen LogP contribution in [0, 0.1) is 0 Å². The molecule has 0 unspecified atom stereocenters. The van der Waals surface area contributed by atoms with Gasteiger partial charge < -0.3 is 9.84 Å². The highest BCUT2D eigenvalue weighted by Crippen LogP contribution is 2.19. The predicted molar refractivity (Wildman–Crippen MR) is 39.0 cm³/mol. The normalized spacial score (nSPS) is 36.7. The van der Waals surface area contributed by atoms with Crippen molar-refractivity contribution >= 4 is 0 Å². The van der Waals surface area contributed by atoms with Gasteiger partial charge in [0.15, 0.2) is 0 Å². The van der Waals surface area contributed by atoms with Crippen LogP contribution >= 0.6 is 0 Å². The first-order valence-corrected chi connectivity index (χ1v) is 3.58. The lowest BCUT2D eigenvalue weighted by Gasteiger charge is -2.09. The van der Waals surface area contributed by atoms with Gasteiger partial charge in [0.2, 0.25) is 0 Å². The number of rotatable bonds is 2. The smallest absolute Gasteiger partial charge is 0.0894 e. The van der Waals surface area contributed by atoms with Crippen molar-refractivity contribution < 1.29 is 9.84 Å². The van der Waals surface area contributed by atoms with E-state index >= 15 is 0 Å². The van der Waals surface area contributed by atoms with Crippen LogP contribution in [0.4, 0.5) is 0 Å². The molecule has 62 valence electrons. The molecule has 0 radical (unpaired) electrons. The lowest BCUT2D eigenvalue weighted by molar-refractivity contribution is 0.0224. The van der Waals surface area contributed by atoms with E-state index in [1.165, 1.54) is 0 Å². The van der Waals surface area contributed by atoms with Crippen LogP contribution in [-0.4, -0.2) is 30.0 Å². The molecule has 1 aliphatic rings. The van der Waals surface area contributed by atoms with E-state index in [0.29, 0.717) is 6.42 Å². The molecule has 0 amide bonds. The summed E-state index contributed by atoms with van der Waals surface area (Å²) in [4.78, 5) is 2.59. The van der Waals surface area contributed by atoms with Crippen molar-refractivity contribution in [3.8, 4) is 0 Å². The molecule has 0 spiro atoms. The molecule has 1 saturated heterocycles. The lowest BCUT2D eigenvalue weighted by Crippen LogP contribution is -2.23. The van der Waals surface area contributed by atoms with Gasteiger partial charge in [0.05, 0.1) is 24.9 Å². The molecule has 1 N–H and O–H groups in total. The minimum absolute atomic E-state index is 0.0730. The van der Waals surface area contributed by atoms with Gasteiger partial charge >= 0.3 is 0 Å². The molecule has 5 heteroatoms. The Bertz CT molecular complexity index is 179. The summed E-state index contributed by atoms with van der Waals surface area (Å²) in [6, 6.07) is 0. The highest BCUT2D eigenvalue weighted by Gasteiger charge is 2.30. The molecule has 0 saturated carbocycles. The highest BCUT2D eigenvalue weighted by molar-refractivity contribution is 4.81. The summed E-state index contributed by atoms with van der Waals surface area (Å²) in [5, 5.41) is 12.6. The topological polar surface area (TPSA) is 78.2 Å². The van der Waals surface area contributed by atoms with E-state index in [0.717, 1.165) is 0 Å². The molecule has 1 fully saturated rings. The molecule has 0 aromatic heterocycles. The fourth-order valence-electron chi connectivity index (χ4n) is 1.22. The lowest BCUT2D eigenvalue weighted by atomic mass is 10.1. The molecule has 0 aromatic rings. The largest absolute Gasteiger partial charge is 0.390 e. The average molecular weight is 157 g/mol. The maximum Gasteiger partial charge on any atom is 0.0894 e. The molecule has 0 aliphatic carbocycles. The second-order valence-electron chi connectivity index (χ2n) is 2.70. The third-order valence-electron chi connectivity index (χ3n) is 1.73. The number of hydrogen-bond acceptors (Lipinski definition) is 3. The van der Waals surface area contributed by atoms with Gasteiger partial charge in [-0.25, -0.2) is 0 Å². The van der Waals surface area contributed by atoms with Crippen LogP contribution in [0.3, 0.4) is 0 Å². The number of ether oxygens (including phenoxy) is 1. The Morgan fingerprint density at radius 1 is 1.82 bits per heavy atom. The van der Waals surface area contributed by atoms with Crippen molar-refractivity contribution in [3.63, 3.8) is 0 Å². The molecule has 0 aromatic carbocycles. The zero-order valence-corrected chi connectivity index (χ0v) is 6.34. The van der Waals surface area contributed by atoms with Gasteiger partial charge in [-0.1, -0.05) is 5.11 Å². The van der Waals surface area contributed by atoms with E-state index in [2.05, 4.69) is 10.0 Å². The van der Waals surface area contributed by atoms with Crippen LogP contribution in [-0.2, 0) is 4.74 Å². The third kappa shape index (κ3) is 2.08. The molecule has 5 nitrogen and oxygen atoms in total. The van der Waals surface area contributed by atoms with Gasteiger partial charge in [0.1, 0.15) is 0 Å². The number of aliphatic hydroxyl groups excluding tert-OH is 1. The van der Waals surface area contributed by atoms with E-state index in [1.54, 1.807) is 0 Å². The maximum absolute atomic E-state index is 9.28. The number of nitrogens with zero attached hydrogens (tertiary/aromatic N) is 3. The minimum atomic E-state index is -0.476. The van der Waals surface area contributed by atoms with Crippen LogP contribution in [0.15, 0.2) is 5.11 Å². The van der Waals surface area contributed by atoms with Crippen molar-refractivity contribution in [2.45, 2.75) is 31.7 Å². The quantitative estimate of drug-likeness (QED) is 0.366. The SMILES string of the molecule is C[C@H]1C[C@H](O)[C@@H](CN=[N+]=[N-])O1. The molecule has 1 aliphatic heterocycles. The Morgan fingerprint density at radius 2 is 2.55 bits per heavy atom. The molecule has 0 bridgehead atoms. The standard InChI is InChI=1S/C6H11N3O2/c1-4-2-5(10)6(11-4)3-8-9-7/h4-6,10H,2-3H2,1H3/t4-,5-,6+/m0/s1. The molecule has 1 rings (SSSR count). The Hall–Kier alpha value is -0.770. The van der Waals surface area contributed by atoms with Gasteiger partial charge in [-0.05, 0) is 12.5 Å². The van der Waals surface area contributed by atoms with Crippen molar-refractivity contribution in [1.29, 1.82) is 0 Å². The Balaban J connectivity index is 2.40. The first kappa shape index (κ1) is 8.33. The summed E-state index contributed by atoms with van der Waals surface area (Å²) in [7, 11) is 0. The zero-order chi connectivity index (χ0) is 8.27. The first-order valence-electron chi connectivity index (χ1n) is 3.58. The molecule has 11 heavy (non-hydrogen) atoms. The van der Waals surface area contributed by atoms with E-state index < -0.39 is 6.10 Å². The van der Waals surface area contributed by atoms with E-state index in [9.17, 15) is 5.11 Å². The average Bonchev–Trinajstić information content (AvgIpc) is 2.26. The third-order valence-corrected chi connectivity index (χ3v) is 1.73. The minimum Gasteiger partial charge on any atom is -0.390 e. The van der Waals surface area contributed by atoms with E-state index in [1.807, 2.05) is 6.92 Å². The van der Waals surface area contributed by atoms with Gasteiger partial charge in [0, 0.05) is 11.3 Å². The van der Waals surface area contributed by atoms with Crippen molar-refractivity contribution in [2.24, 2.45) is 5.11 Å². The van der Waals surface area contributed by atoms with Crippen molar-refractivity contribution in [2.75, 3.05) is 6.54 Å². The molecular weight excluding hydrogens is 146 g/mol. The summed E-state index contributed by atoms with van der Waals surface area (Å²) in [6.07, 6.45) is -0.0775. The molecule has 3 atom stereocenters. The monoisotopic (exact) mass is 157 g/mol. The van der Waals surface area contributed by atoms with Crippen molar-refractivity contribution in [3.05, 3.63) is 10.4 Å². The fraction of sp³-hybridized carbons (Fsp3) is 1.00. The first-order chi connectivity index (χ1) is 5.24. The fourth-order valence-corrected chi connectivity index (χ4v) is 1.22. The Labute approximate surface area is 64.6 Å². The van der Waals surface area contributed by atoms with Crippen LogP contribution in [0.25, 0.3) is 10.4 Å². The molecular formula is C6H11N3O2. The van der Waals surface area contributed by atoms with Gasteiger partial charge in [0.25, 0.3) is 0 Å². The summed E-state index contributed by atoms with van der Waals surface area (Å²) < 4.78 is 5.26. The van der Waals surface area contributed by atoms with Gasteiger partial charge in [-0.15, -0.1) is 0 Å². The second-order valence-corrected chi connectivity index (χ2v) is 2.70. The number of azide groups is 1. The van der Waals surface area contributed by atoms with Gasteiger partial charge in [-0.2, -0.15) is 0 Å². The van der Waals surface area contributed by atoms with Crippen LogP contribution < -0.4 is 0 Å². The summed E-state index contributed by atoms with van der Waals surface area (Å²) in [5.41, 5.74) is 8.00. The second kappa shape index (κ2) is 3.57. The number of hydrogen-bond donors (Lipinski definition) is 1. The summed E-state index contributed by atoms with van der Waals surface area (Å²) >= 11 is 0. The maximum atomic E-state index is 9.28. The Morgan fingerprint density at radius 3 is 3.00 bits per heavy atom. The summed E-state index contributed by atoms with van der Waals surface area (Å²) in [6.45, 7) is 2.11. The van der Waals surface area contributed by atoms with Crippen LogP contribution in [0.5, 0.6) is 0 Å². The zero-order valence-electron chi connectivity index (χ0n) is 6.34.